The fraction of sp³-hybridized carbons (Fsp3) is 0.538. The highest BCUT2D eigenvalue weighted by Gasteiger charge is 2.25. The van der Waals surface area contributed by atoms with Gasteiger partial charge in [-0.15, -0.1) is 0 Å². The van der Waals surface area contributed by atoms with Crippen molar-refractivity contribution in [3.05, 3.63) is 24.0 Å². The summed E-state index contributed by atoms with van der Waals surface area (Å²) < 4.78 is 0. The Morgan fingerprint density at radius 2 is 2.17 bits per heavy atom. The van der Waals surface area contributed by atoms with E-state index in [9.17, 15) is 4.79 Å². The van der Waals surface area contributed by atoms with Crippen LogP contribution in [-0.4, -0.2) is 33.8 Å². The molecule has 0 amide bonds. The maximum absolute atomic E-state index is 11.1. The van der Waals surface area contributed by atoms with Gasteiger partial charge in [-0.3, -0.25) is 4.98 Å². The third-order valence-electron chi connectivity index (χ3n) is 2.84. The van der Waals surface area contributed by atoms with Crippen molar-refractivity contribution in [2.75, 3.05) is 11.9 Å². The summed E-state index contributed by atoms with van der Waals surface area (Å²) >= 11 is 0. The summed E-state index contributed by atoms with van der Waals surface area (Å²) in [6.07, 6.45) is 3.43. The lowest BCUT2D eigenvalue weighted by Crippen LogP contribution is -2.35. The number of nitrogens with zero attached hydrogens (tertiary/aromatic N) is 1. The Morgan fingerprint density at radius 1 is 1.50 bits per heavy atom. The van der Waals surface area contributed by atoms with Gasteiger partial charge in [0.1, 0.15) is 5.56 Å². The number of rotatable bonds is 5. The summed E-state index contributed by atoms with van der Waals surface area (Å²) in [5, 5.41) is 21.4. The van der Waals surface area contributed by atoms with Gasteiger partial charge in [0, 0.05) is 25.0 Å². The molecule has 1 atom stereocenters. The van der Waals surface area contributed by atoms with Gasteiger partial charge in [-0.05, 0) is 17.9 Å². The highest BCUT2D eigenvalue weighted by Crippen LogP contribution is 2.26. The fourth-order valence-corrected chi connectivity index (χ4v) is 1.73. The first-order valence-corrected chi connectivity index (χ1v) is 5.91. The topological polar surface area (TPSA) is 82.5 Å². The van der Waals surface area contributed by atoms with Crippen molar-refractivity contribution in [3.63, 3.8) is 0 Å². The van der Waals surface area contributed by atoms with E-state index in [1.54, 1.807) is 12.3 Å². The SMILES string of the molecule is CC(C)(C)C(CCO)Nc1ccncc1C(=O)O. The summed E-state index contributed by atoms with van der Waals surface area (Å²) in [6.45, 7) is 6.19. The van der Waals surface area contributed by atoms with Crippen molar-refractivity contribution in [1.29, 1.82) is 0 Å². The second-order valence-electron chi connectivity index (χ2n) is 5.30. The van der Waals surface area contributed by atoms with E-state index in [-0.39, 0.29) is 23.6 Å². The second kappa shape index (κ2) is 5.82. The molecular weight excluding hydrogens is 232 g/mol. The smallest absolute Gasteiger partial charge is 0.339 e. The molecule has 1 aromatic heterocycles. The molecule has 0 aliphatic carbocycles. The van der Waals surface area contributed by atoms with E-state index in [0.29, 0.717) is 12.1 Å². The Balaban J connectivity index is 2.97. The number of hydrogen-bond acceptors (Lipinski definition) is 4. The van der Waals surface area contributed by atoms with Gasteiger partial charge in [-0.1, -0.05) is 20.8 Å². The van der Waals surface area contributed by atoms with Crippen LogP contribution in [0.5, 0.6) is 0 Å². The molecule has 5 heteroatoms. The molecule has 3 N–H and O–H groups in total. The molecule has 0 saturated heterocycles. The average Bonchev–Trinajstić information content (AvgIpc) is 2.27. The number of hydrogen-bond donors (Lipinski definition) is 3. The van der Waals surface area contributed by atoms with Gasteiger partial charge < -0.3 is 15.5 Å². The quantitative estimate of drug-likeness (QED) is 0.746. The van der Waals surface area contributed by atoms with Gasteiger partial charge in [0.2, 0.25) is 0 Å². The van der Waals surface area contributed by atoms with Crippen LogP contribution in [0.1, 0.15) is 37.6 Å². The van der Waals surface area contributed by atoms with Gasteiger partial charge in [-0.25, -0.2) is 4.79 Å². The summed E-state index contributed by atoms with van der Waals surface area (Å²) in [7, 11) is 0. The third kappa shape index (κ3) is 3.70. The van der Waals surface area contributed by atoms with Crippen LogP contribution >= 0.6 is 0 Å². The van der Waals surface area contributed by atoms with E-state index in [0.717, 1.165) is 0 Å². The molecular formula is C13H20N2O3. The molecule has 0 radical (unpaired) electrons. The highest BCUT2D eigenvalue weighted by molar-refractivity contribution is 5.93. The normalized spacial score (nSPS) is 13.1. The molecule has 0 aliphatic rings. The number of aromatic nitrogens is 1. The Kier molecular flexibility index (Phi) is 4.67. The molecule has 100 valence electrons. The summed E-state index contributed by atoms with van der Waals surface area (Å²) in [5.74, 6) is -1.01. The third-order valence-corrected chi connectivity index (χ3v) is 2.84. The van der Waals surface area contributed by atoms with Crippen LogP contribution in [0.15, 0.2) is 18.5 Å². The largest absolute Gasteiger partial charge is 0.478 e. The van der Waals surface area contributed by atoms with Crippen molar-refractivity contribution >= 4 is 11.7 Å². The summed E-state index contributed by atoms with van der Waals surface area (Å²) in [4.78, 5) is 14.9. The highest BCUT2D eigenvalue weighted by atomic mass is 16.4. The van der Waals surface area contributed by atoms with Crippen molar-refractivity contribution in [3.8, 4) is 0 Å². The number of aliphatic hydroxyl groups excluding tert-OH is 1. The Morgan fingerprint density at radius 3 is 2.67 bits per heavy atom. The van der Waals surface area contributed by atoms with Gasteiger partial charge in [0.25, 0.3) is 0 Å². The van der Waals surface area contributed by atoms with Gasteiger partial charge in [-0.2, -0.15) is 0 Å². The predicted octanol–water partition coefficient (Wildman–Crippen LogP) is 1.99. The van der Waals surface area contributed by atoms with Crippen LogP contribution in [0.25, 0.3) is 0 Å². The van der Waals surface area contributed by atoms with Gasteiger partial charge in [0.05, 0.1) is 5.69 Å². The minimum atomic E-state index is -1.01. The van der Waals surface area contributed by atoms with Crippen molar-refractivity contribution in [1.82, 2.24) is 4.98 Å². The Bertz CT molecular complexity index is 413. The van der Waals surface area contributed by atoms with Crippen molar-refractivity contribution < 1.29 is 15.0 Å². The molecule has 1 aromatic rings. The average molecular weight is 252 g/mol. The van der Waals surface area contributed by atoms with E-state index in [1.807, 2.05) is 20.8 Å². The van der Waals surface area contributed by atoms with Crippen LogP contribution in [0.4, 0.5) is 5.69 Å². The van der Waals surface area contributed by atoms with Crippen LogP contribution < -0.4 is 5.32 Å². The van der Waals surface area contributed by atoms with Crippen LogP contribution in [0, 0.1) is 5.41 Å². The van der Waals surface area contributed by atoms with Gasteiger partial charge in [0.15, 0.2) is 0 Å². The zero-order chi connectivity index (χ0) is 13.8. The summed E-state index contributed by atoms with van der Waals surface area (Å²) in [6, 6.07) is 1.63. The number of carboxylic acid groups (broad SMARTS) is 1. The number of anilines is 1. The number of pyridine rings is 1. The van der Waals surface area contributed by atoms with Crippen LogP contribution in [-0.2, 0) is 0 Å². The van der Waals surface area contributed by atoms with E-state index in [2.05, 4.69) is 10.3 Å². The molecule has 0 aliphatic heterocycles. The minimum Gasteiger partial charge on any atom is -0.478 e. The lowest BCUT2D eigenvalue weighted by Gasteiger charge is -2.32. The molecule has 1 heterocycles. The first-order valence-electron chi connectivity index (χ1n) is 5.91. The molecule has 1 unspecified atom stereocenters. The van der Waals surface area contributed by atoms with E-state index in [4.69, 9.17) is 10.2 Å². The van der Waals surface area contributed by atoms with Crippen LogP contribution in [0.3, 0.4) is 0 Å². The lowest BCUT2D eigenvalue weighted by molar-refractivity contribution is 0.0697. The predicted molar refractivity (Wildman–Crippen MR) is 69.8 cm³/mol. The molecule has 0 aromatic carbocycles. The minimum absolute atomic E-state index is 0.0111. The van der Waals surface area contributed by atoms with Crippen molar-refractivity contribution in [2.24, 2.45) is 5.41 Å². The van der Waals surface area contributed by atoms with E-state index < -0.39 is 5.97 Å². The lowest BCUT2D eigenvalue weighted by atomic mass is 9.84. The number of carboxylic acids is 1. The molecule has 0 saturated carbocycles. The number of carbonyl (C=O) groups is 1. The Labute approximate surface area is 107 Å². The Hall–Kier alpha value is -1.62. The standard InChI is InChI=1S/C13H20N2O3/c1-13(2,3)11(5-7-16)15-10-4-6-14-8-9(10)12(17)18/h4,6,8,11,16H,5,7H2,1-3H3,(H,14,15)(H,17,18). The molecule has 0 fully saturated rings. The van der Waals surface area contributed by atoms with Crippen LogP contribution in [0.2, 0.25) is 0 Å². The zero-order valence-electron chi connectivity index (χ0n) is 11.0. The number of nitrogens with one attached hydrogen (secondary N) is 1. The molecule has 5 nitrogen and oxygen atoms in total. The second-order valence-corrected chi connectivity index (χ2v) is 5.30. The maximum Gasteiger partial charge on any atom is 0.339 e. The number of aromatic carboxylic acids is 1. The molecule has 0 spiro atoms. The number of aliphatic hydroxyl groups is 1. The summed E-state index contributed by atoms with van der Waals surface area (Å²) in [5.41, 5.74) is 0.595. The monoisotopic (exact) mass is 252 g/mol. The van der Waals surface area contributed by atoms with E-state index >= 15 is 0 Å². The maximum atomic E-state index is 11.1. The molecule has 18 heavy (non-hydrogen) atoms. The van der Waals surface area contributed by atoms with E-state index in [1.165, 1.54) is 6.20 Å². The molecule has 0 bridgehead atoms. The molecule has 1 rings (SSSR count). The van der Waals surface area contributed by atoms with Gasteiger partial charge >= 0.3 is 5.97 Å². The zero-order valence-corrected chi connectivity index (χ0v) is 11.0. The fourth-order valence-electron chi connectivity index (χ4n) is 1.73. The first kappa shape index (κ1) is 14.4. The van der Waals surface area contributed by atoms with Crippen molar-refractivity contribution in [2.45, 2.75) is 33.2 Å². The first-order chi connectivity index (χ1) is 8.36.